The Bertz CT molecular complexity index is 2470. The summed E-state index contributed by atoms with van der Waals surface area (Å²) in [5.41, 5.74) is 5.99. The Balaban J connectivity index is 0.000000241. The lowest BCUT2D eigenvalue weighted by Gasteiger charge is -2.16. The summed E-state index contributed by atoms with van der Waals surface area (Å²) in [6.45, 7) is 2.85. The van der Waals surface area contributed by atoms with Crippen molar-refractivity contribution in [2.75, 3.05) is 13.2 Å². The number of carboxylic acid groups (broad SMARTS) is 2. The molecule has 0 aromatic heterocycles. The van der Waals surface area contributed by atoms with Gasteiger partial charge >= 0.3 is 34.3 Å². The second-order valence-electron chi connectivity index (χ2n) is 13.4. The predicted octanol–water partition coefficient (Wildman–Crippen LogP) is 4.06. The molecule has 2 aliphatic carbocycles. The van der Waals surface area contributed by atoms with Gasteiger partial charge in [0.2, 0.25) is 0 Å². The van der Waals surface area contributed by atoms with Gasteiger partial charge in [0.25, 0.3) is 0 Å². The van der Waals surface area contributed by atoms with Gasteiger partial charge in [-0.2, -0.15) is 8.42 Å². The molecule has 0 saturated carbocycles. The van der Waals surface area contributed by atoms with E-state index >= 15 is 0 Å². The summed E-state index contributed by atoms with van der Waals surface area (Å²) in [6, 6.07) is 23.2. The van der Waals surface area contributed by atoms with E-state index in [4.69, 9.17) is 37.2 Å². The average molecular weight is 877 g/mol. The molecule has 0 amide bonds. The van der Waals surface area contributed by atoms with Crippen molar-refractivity contribution in [2.45, 2.75) is 48.3 Å². The van der Waals surface area contributed by atoms with E-state index in [0.717, 1.165) is 35.4 Å². The number of carbonyl (C=O) groups excluding carboxylic acids is 2. The van der Waals surface area contributed by atoms with E-state index in [1.165, 1.54) is 37.1 Å². The van der Waals surface area contributed by atoms with Gasteiger partial charge in [0, 0.05) is 11.8 Å². The Hall–Kier alpha value is -5.55. The molecular weight excluding hydrogens is 841 g/mol. The molecule has 0 radical (unpaired) electrons. The van der Waals surface area contributed by atoms with Gasteiger partial charge < -0.3 is 28.8 Å². The van der Waals surface area contributed by atoms with Crippen LogP contribution in [0.3, 0.4) is 0 Å². The van der Waals surface area contributed by atoms with Crippen LogP contribution in [-0.4, -0.2) is 90.8 Å². The molecule has 2 atom stereocenters. The number of ether oxygens (including phenoxy) is 2. The highest BCUT2D eigenvalue weighted by Gasteiger charge is 2.32. The smallest absolute Gasteiger partial charge is 0.394 e. The molecular formula is C38H36O18S3-2. The summed E-state index contributed by atoms with van der Waals surface area (Å²) in [5.74, 6) is -5.70. The Labute approximate surface area is 338 Å². The molecule has 0 bridgehead atoms. The summed E-state index contributed by atoms with van der Waals surface area (Å²) in [4.78, 5) is 44.5. The molecule has 59 heavy (non-hydrogen) atoms. The molecule has 4 aromatic rings. The number of hydrogen-bond donors (Lipinski definition) is 4. The van der Waals surface area contributed by atoms with Gasteiger partial charge in [0.1, 0.15) is 33.5 Å². The molecule has 4 N–H and O–H groups in total. The third kappa shape index (κ3) is 12.2. The third-order valence-electron chi connectivity index (χ3n) is 9.24. The highest BCUT2D eigenvalue weighted by molar-refractivity contribution is 7.86. The van der Waals surface area contributed by atoms with Crippen molar-refractivity contribution in [1.82, 2.24) is 0 Å². The minimum absolute atomic E-state index is 0.00600. The Kier molecular flexibility index (Phi) is 14.5. The van der Waals surface area contributed by atoms with Gasteiger partial charge in [-0.15, -0.1) is 0 Å². The number of rotatable bonds is 12. The van der Waals surface area contributed by atoms with Crippen LogP contribution in [0.25, 0.3) is 22.3 Å². The Morgan fingerprint density at radius 3 is 1.17 bits per heavy atom. The van der Waals surface area contributed by atoms with Crippen molar-refractivity contribution in [3.8, 4) is 22.3 Å². The highest BCUT2D eigenvalue weighted by atomic mass is 32.3. The van der Waals surface area contributed by atoms with Crippen LogP contribution >= 0.6 is 0 Å². The zero-order valence-electron chi connectivity index (χ0n) is 30.9. The van der Waals surface area contributed by atoms with Crippen LogP contribution in [0.15, 0.2) is 94.7 Å². The number of esters is 2. The first-order valence-electron chi connectivity index (χ1n) is 17.2. The van der Waals surface area contributed by atoms with Crippen molar-refractivity contribution in [1.29, 1.82) is 0 Å². The van der Waals surface area contributed by atoms with Crippen LogP contribution in [0.5, 0.6) is 0 Å². The van der Waals surface area contributed by atoms with E-state index in [1.807, 2.05) is 36.4 Å². The monoisotopic (exact) mass is 876 g/mol. The van der Waals surface area contributed by atoms with Crippen LogP contribution in [0.4, 0.5) is 0 Å². The standard InChI is InChI=1S/C19H18O10S2.C19H18O4.H2O4S/c1-10(19(21)22)6-18(20)29-9-17-13-4-2-11(30(23,24)25)7-15(13)16-8-12(31(26,27)28)3-5-14(16)17;1-12(19(21)22)10-18(20)23-11-17-15-8-4-2-6-13(15)14-7-3-5-9-16(14)17;1-5(2,3)4/h2-5,7-8,10,17H,6,9H2,1H3,(H,21,22)(H,23,24,25)(H,26,27,28);2-9,12,17H,10-11H2,1H3,(H,21,22);(H2,1,2,3,4)/p-2/t10-;12-;/m11./s1. The van der Waals surface area contributed by atoms with Crippen molar-refractivity contribution >= 4 is 54.5 Å². The van der Waals surface area contributed by atoms with Crippen LogP contribution in [-0.2, 0) is 59.3 Å². The molecule has 4 aromatic carbocycles. The average Bonchev–Trinajstić information content (AvgIpc) is 3.63. The molecule has 0 fully saturated rings. The quantitative estimate of drug-likeness (QED) is 0.115. The molecule has 316 valence electrons. The largest absolute Gasteiger partial charge is 0.744 e. The lowest BCUT2D eigenvalue weighted by Crippen LogP contribution is -2.18. The first-order valence-corrected chi connectivity index (χ1v) is 21.4. The normalized spacial score (nSPS) is 14.1. The second kappa shape index (κ2) is 18.6. The van der Waals surface area contributed by atoms with E-state index < -0.39 is 82.1 Å². The maximum absolute atomic E-state index is 12.0. The van der Waals surface area contributed by atoms with Crippen LogP contribution in [0.1, 0.15) is 60.8 Å². The number of hydrogen-bond acceptors (Lipinski definition) is 14. The maximum Gasteiger partial charge on any atom is 0.394 e. The minimum Gasteiger partial charge on any atom is -0.744 e. The van der Waals surface area contributed by atoms with Crippen LogP contribution in [0.2, 0.25) is 0 Å². The fraction of sp³-hybridized carbons (Fsp3) is 0.263. The van der Waals surface area contributed by atoms with Crippen LogP contribution in [0, 0.1) is 11.8 Å². The van der Waals surface area contributed by atoms with Crippen LogP contribution < -0.4 is 0 Å². The van der Waals surface area contributed by atoms with E-state index in [9.17, 15) is 45.1 Å². The molecule has 6 rings (SSSR count). The number of carboxylic acids is 2. The molecule has 0 saturated heterocycles. The fourth-order valence-electron chi connectivity index (χ4n) is 6.39. The Morgan fingerprint density at radius 2 is 0.864 bits per heavy atom. The van der Waals surface area contributed by atoms with Crippen molar-refractivity contribution in [3.63, 3.8) is 0 Å². The molecule has 0 spiro atoms. The molecule has 18 nitrogen and oxygen atoms in total. The van der Waals surface area contributed by atoms with E-state index in [2.05, 4.69) is 12.1 Å². The highest BCUT2D eigenvalue weighted by Crippen LogP contribution is 2.47. The lowest BCUT2D eigenvalue weighted by atomic mass is 9.98. The van der Waals surface area contributed by atoms with Gasteiger partial charge in [-0.25, -0.2) is 16.8 Å². The zero-order chi connectivity index (χ0) is 44.0. The first kappa shape index (κ1) is 46.1. The summed E-state index contributed by atoms with van der Waals surface area (Å²) in [7, 11) is -14.3. The Morgan fingerprint density at radius 1 is 0.559 bits per heavy atom. The number of aliphatic carboxylic acids is 2. The number of carbonyl (C=O) groups is 4. The molecule has 2 aliphatic rings. The summed E-state index contributed by atoms with van der Waals surface area (Å²) in [5, 5.41) is 17.8. The lowest BCUT2D eigenvalue weighted by molar-refractivity contribution is -0.151. The molecule has 0 aliphatic heterocycles. The van der Waals surface area contributed by atoms with Crippen molar-refractivity contribution in [2.24, 2.45) is 11.8 Å². The number of benzene rings is 4. The predicted molar refractivity (Wildman–Crippen MR) is 202 cm³/mol. The summed E-state index contributed by atoms with van der Waals surface area (Å²) in [6.07, 6.45) is -0.464. The van der Waals surface area contributed by atoms with Gasteiger partial charge in [0.15, 0.2) is 0 Å². The summed E-state index contributed by atoms with van der Waals surface area (Å²) >= 11 is 0. The van der Waals surface area contributed by atoms with Gasteiger partial charge in [-0.1, -0.05) is 74.5 Å². The molecule has 0 unspecified atom stereocenters. The third-order valence-corrected chi connectivity index (χ3v) is 10.9. The van der Waals surface area contributed by atoms with Crippen molar-refractivity contribution in [3.05, 3.63) is 107 Å². The van der Waals surface area contributed by atoms with Gasteiger partial charge in [0.05, 0.1) is 34.5 Å². The fourth-order valence-corrected chi connectivity index (χ4v) is 7.38. The van der Waals surface area contributed by atoms with Gasteiger partial charge in [-0.3, -0.25) is 28.3 Å². The second-order valence-corrected chi connectivity index (χ2v) is 17.0. The molecule has 21 heteroatoms. The van der Waals surface area contributed by atoms with E-state index in [0.29, 0.717) is 11.1 Å². The summed E-state index contributed by atoms with van der Waals surface area (Å²) < 4.78 is 111. The SMILES string of the molecule is C[C@H](CC(=O)OCC1c2ccc(S(=O)(=O)[O-])cc2-c2cc(S(=O)(=O)[O-])ccc21)C(=O)O.C[C@H](CC(=O)OCC1c2ccccc2-c2ccccc21)C(=O)O.O=S(=O)(O)O. The van der Waals surface area contributed by atoms with Gasteiger partial charge in [-0.05, 0) is 68.8 Å². The zero-order valence-corrected chi connectivity index (χ0v) is 33.4. The molecule has 0 heterocycles. The minimum atomic E-state index is -4.80. The van der Waals surface area contributed by atoms with E-state index in [1.54, 1.807) is 0 Å². The first-order chi connectivity index (χ1) is 27.4. The van der Waals surface area contributed by atoms with Crippen molar-refractivity contribution < 1.29 is 82.3 Å². The topological polar surface area (TPSA) is 316 Å². The maximum atomic E-state index is 12.0. The number of fused-ring (bicyclic) bond motifs is 6. The van der Waals surface area contributed by atoms with E-state index in [-0.39, 0.29) is 43.1 Å².